The lowest BCUT2D eigenvalue weighted by Crippen LogP contribution is -2.45. The van der Waals surface area contributed by atoms with E-state index < -0.39 is 23.9 Å². The number of amides is 3. The molecule has 0 radical (unpaired) electrons. The monoisotopic (exact) mass is 690 g/mol. The second-order valence-electron chi connectivity index (χ2n) is 10.6. The fourth-order valence-corrected chi connectivity index (χ4v) is 5.21. The zero-order valence-corrected chi connectivity index (χ0v) is 28.5. The Labute approximate surface area is 290 Å². The fourth-order valence-electron chi connectivity index (χ4n) is 5.02. The van der Waals surface area contributed by atoms with Crippen molar-refractivity contribution in [3.05, 3.63) is 106 Å². The van der Waals surface area contributed by atoms with E-state index in [0.29, 0.717) is 46.4 Å². The number of carbonyl (C=O) groups excluding carboxylic acids is 3. The largest absolute Gasteiger partial charge is 0.493 e. The third-order valence-electron chi connectivity index (χ3n) is 7.20. The van der Waals surface area contributed by atoms with E-state index in [1.54, 1.807) is 50.3 Å². The van der Waals surface area contributed by atoms with E-state index in [0.717, 1.165) is 11.1 Å². The van der Waals surface area contributed by atoms with Crippen LogP contribution in [0.4, 0.5) is 4.79 Å². The molecule has 258 valence electrons. The van der Waals surface area contributed by atoms with Crippen LogP contribution in [0.5, 0.6) is 23.0 Å². The minimum absolute atomic E-state index is 0.176. The first-order valence-corrected chi connectivity index (χ1v) is 15.9. The molecular formula is C36H39ClN4O8. The standard InChI is InChI=1S/C36H39ClN4O8/c1-6-11-25-16-23(17-30(46-7-2)34(25)49-20-26-12-9-10-13-27(26)37)19-38-41-31(42)21-48-28-15-14-24(18-29(28)45-5)33-32(35(43)47-8-3)22(4)39-36(44)40-33/h6,9-10,12-19,33H,1,7-8,11,20-21H2,2-5H3,(H,41,42)(H2,39,40,44)/b38-19-/t33-/m0/s1. The summed E-state index contributed by atoms with van der Waals surface area (Å²) in [5, 5.41) is 10.0. The molecule has 13 heteroatoms. The number of hydrogen-bond donors (Lipinski definition) is 3. The van der Waals surface area contributed by atoms with E-state index in [2.05, 4.69) is 27.7 Å². The van der Waals surface area contributed by atoms with Gasteiger partial charge in [-0.3, -0.25) is 4.79 Å². The number of nitrogens with zero attached hydrogens (tertiary/aromatic N) is 1. The minimum Gasteiger partial charge on any atom is -0.493 e. The van der Waals surface area contributed by atoms with Crippen molar-refractivity contribution in [1.82, 2.24) is 16.1 Å². The lowest BCUT2D eigenvalue weighted by molar-refractivity contribution is -0.139. The van der Waals surface area contributed by atoms with Crippen molar-refractivity contribution < 1.29 is 38.1 Å². The smallest absolute Gasteiger partial charge is 0.338 e. The molecule has 0 aliphatic carbocycles. The van der Waals surface area contributed by atoms with Crippen molar-refractivity contribution in [3.8, 4) is 23.0 Å². The van der Waals surface area contributed by atoms with Crippen molar-refractivity contribution in [2.75, 3.05) is 26.9 Å². The van der Waals surface area contributed by atoms with Crippen LogP contribution in [-0.4, -0.2) is 51.1 Å². The molecule has 0 spiro atoms. The molecule has 49 heavy (non-hydrogen) atoms. The summed E-state index contributed by atoms with van der Waals surface area (Å²) in [6, 6.07) is 14.7. The number of ether oxygens (including phenoxy) is 5. The van der Waals surface area contributed by atoms with Crippen LogP contribution in [0.15, 0.2) is 83.6 Å². The Balaban J connectivity index is 1.43. The Morgan fingerprint density at radius 3 is 2.51 bits per heavy atom. The predicted octanol–water partition coefficient (Wildman–Crippen LogP) is 5.77. The van der Waals surface area contributed by atoms with E-state index in [9.17, 15) is 14.4 Å². The van der Waals surface area contributed by atoms with Gasteiger partial charge in [-0.15, -0.1) is 6.58 Å². The number of methoxy groups -OCH3 is 1. The van der Waals surface area contributed by atoms with Crippen molar-refractivity contribution in [3.63, 3.8) is 0 Å². The molecule has 12 nitrogen and oxygen atoms in total. The number of nitrogens with one attached hydrogen (secondary N) is 3. The molecule has 0 bridgehead atoms. The Hall–Kier alpha value is -5.49. The Bertz CT molecular complexity index is 1760. The molecule has 0 saturated carbocycles. The van der Waals surface area contributed by atoms with Crippen molar-refractivity contribution in [2.24, 2.45) is 5.10 Å². The molecule has 0 fully saturated rings. The van der Waals surface area contributed by atoms with Crippen LogP contribution in [0.2, 0.25) is 5.02 Å². The number of urea groups is 1. The highest BCUT2D eigenvalue weighted by atomic mass is 35.5. The van der Waals surface area contributed by atoms with E-state index in [-0.39, 0.29) is 36.9 Å². The highest BCUT2D eigenvalue weighted by Crippen LogP contribution is 2.36. The molecule has 1 heterocycles. The molecular weight excluding hydrogens is 652 g/mol. The van der Waals surface area contributed by atoms with Gasteiger partial charge in [0.15, 0.2) is 29.6 Å². The average Bonchev–Trinajstić information content (AvgIpc) is 3.07. The molecule has 3 aromatic carbocycles. The maximum absolute atomic E-state index is 12.7. The minimum atomic E-state index is -0.786. The highest BCUT2D eigenvalue weighted by molar-refractivity contribution is 6.31. The molecule has 0 aromatic heterocycles. The van der Waals surface area contributed by atoms with Crippen LogP contribution in [0.1, 0.15) is 49.1 Å². The van der Waals surface area contributed by atoms with Crippen LogP contribution in [-0.2, 0) is 27.4 Å². The van der Waals surface area contributed by atoms with E-state index in [4.69, 9.17) is 35.3 Å². The van der Waals surface area contributed by atoms with Crippen LogP contribution in [0.25, 0.3) is 0 Å². The first kappa shape index (κ1) is 36.3. The van der Waals surface area contributed by atoms with Gasteiger partial charge in [-0.05, 0) is 68.7 Å². The molecule has 3 amide bonds. The quantitative estimate of drug-likeness (QED) is 0.0743. The SMILES string of the molecule is C=CCc1cc(/C=N\NC(=O)COc2ccc([C@@H]3NC(=O)NC(C)=C3C(=O)OCC)cc2OC)cc(OCC)c1OCc1ccccc1Cl. The average molecular weight is 691 g/mol. The molecule has 4 rings (SSSR count). The zero-order valence-electron chi connectivity index (χ0n) is 27.8. The van der Waals surface area contributed by atoms with Gasteiger partial charge in [-0.25, -0.2) is 15.0 Å². The second kappa shape index (κ2) is 17.6. The first-order chi connectivity index (χ1) is 23.7. The van der Waals surface area contributed by atoms with Gasteiger partial charge in [0.1, 0.15) is 6.61 Å². The third kappa shape index (κ3) is 9.54. The molecule has 3 N–H and O–H groups in total. The topological polar surface area (TPSA) is 146 Å². The lowest BCUT2D eigenvalue weighted by atomic mass is 9.95. The number of benzene rings is 3. The molecule has 1 atom stereocenters. The van der Waals surface area contributed by atoms with Gasteiger partial charge in [0.25, 0.3) is 5.91 Å². The molecule has 1 aliphatic heterocycles. The van der Waals surface area contributed by atoms with Crippen molar-refractivity contribution in [1.29, 1.82) is 0 Å². The summed E-state index contributed by atoms with van der Waals surface area (Å²) >= 11 is 6.32. The van der Waals surface area contributed by atoms with Crippen LogP contribution < -0.4 is 35.0 Å². The summed E-state index contributed by atoms with van der Waals surface area (Å²) in [4.78, 5) is 37.5. The normalized spacial score (nSPS) is 14.1. The summed E-state index contributed by atoms with van der Waals surface area (Å²) in [5.41, 5.74) is 5.99. The van der Waals surface area contributed by atoms with Crippen LogP contribution in [0, 0.1) is 0 Å². The van der Waals surface area contributed by atoms with Crippen molar-refractivity contribution in [2.45, 2.75) is 39.8 Å². The van der Waals surface area contributed by atoms with Gasteiger partial charge in [0, 0.05) is 21.8 Å². The van der Waals surface area contributed by atoms with Gasteiger partial charge in [0.2, 0.25) is 0 Å². The van der Waals surface area contributed by atoms with Gasteiger partial charge in [-0.1, -0.05) is 41.9 Å². The molecule has 3 aromatic rings. The number of halogens is 1. The van der Waals surface area contributed by atoms with Crippen LogP contribution in [0.3, 0.4) is 0 Å². The number of hydrazone groups is 1. The lowest BCUT2D eigenvalue weighted by Gasteiger charge is -2.28. The summed E-state index contributed by atoms with van der Waals surface area (Å²) in [7, 11) is 1.44. The fraction of sp³-hybridized carbons (Fsp3) is 0.278. The Morgan fingerprint density at radius 1 is 1.00 bits per heavy atom. The maximum Gasteiger partial charge on any atom is 0.338 e. The Kier molecular flexibility index (Phi) is 13.1. The summed E-state index contributed by atoms with van der Waals surface area (Å²) < 4.78 is 28.4. The third-order valence-corrected chi connectivity index (χ3v) is 7.56. The number of hydrogen-bond acceptors (Lipinski definition) is 9. The summed E-state index contributed by atoms with van der Waals surface area (Å²) in [6.07, 6.45) is 3.75. The first-order valence-electron chi connectivity index (χ1n) is 15.5. The summed E-state index contributed by atoms with van der Waals surface area (Å²) in [5.74, 6) is 0.570. The predicted molar refractivity (Wildman–Crippen MR) is 185 cm³/mol. The number of carbonyl (C=O) groups is 3. The van der Waals surface area contributed by atoms with Crippen molar-refractivity contribution >= 4 is 35.7 Å². The highest BCUT2D eigenvalue weighted by Gasteiger charge is 2.32. The van der Waals surface area contributed by atoms with E-state index in [1.165, 1.54) is 13.3 Å². The van der Waals surface area contributed by atoms with Crippen LogP contribution >= 0.6 is 11.6 Å². The number of esters is 1. The molecule has 0 unspecified atom stereocenters. The van der Waals surface area contributed by atoms with E-state index >= 15 is 0 Å². The Morgan fingerprint density at radius 2 is 1.80 bits per heavy atom. The number of allylic oxidation sites excluding steroid dienone is 2. The molecule has 1 aliphatic rings. The van der Waals surface area contributed by atoms with Gasteiger partial charge < -0.3 is 34.3 Å². The summed E-state index contributed by atoms with van der Waals surface area (Å²) in [6.45, 7) is 9.52. The zero-order chi connectivity index (χ0) is 35.3. The maximum atomic E-state index is 12.7. The number of rotatable bonds is 16. The van der Waals surface area contributed by atoms with Gasteiger partial charge in [0.05, 0.1) is 38.2 Å². The molecule has 0 saturated heterocycles. The van der Waals surface area contributed by atoms with E-state index in [1.807, 2.05) is 31.2 Å². The van der Waals surface area contributed by atoms with Gasteiger partial charge >= 0.3 is 12.0 Å². The second-order valence-corrected chi connectivity index (χ2v) is 11.0. The van der Waals surface area contributed by atoms with Gasteiger partial charge in [-0.2, -0.15) is 5.10 Å².